The number of aryl methyl sites for hydroxylation is 1. The van der Waals surface area contributed by atoms with Crippen LogP contribution in [0.1, 0.15) is 63.5 Å². The second kappa shape index (κ2) is 13.1. The number of nitriles is 1. The molecule has 0 aliphatic carbocycles. The number of hydrogen-bond acceptors (Lipinski definition) is 10. The van der Waals surface area contributed by atoms with Gasteiger partial charge >= 0.3 is 12.1 Å². The molecule has 52 heavy (non-hydrogen) atoms. The van der Waals surface area contributed by atoms with Crippen molar-refractivity contribution in [3.8, 4) is 34.8 Å². The van der Waals surface area contributed by atoms with E-state index in [0.717, 1.165) is 29.3 Å². The van der Waals surface area contributed by atoms with Gasteiger partial charge in [0.1, 0.15) is 11.8 Å². The molecule has 3 unspecified atom stereocenters. The van der Waals surface area contributed by atoms with Gasteiger partial charge in [-0.1, -0.05) is 18.2 Å². The van der Waals surface area contributed by atoms with Crippen molar-refractivity contribution in [2.45, 2.75) is 70.0 Å². The average Bonchev–Trinajstić information content (AvgIpc) is 3.58. The highest BCUT2D eigenvalue weighted by Crippen LogP contribution is 2.58. The van der Waals surface area contributed by atoms with Crippen LogP contribution in [0.4, 0.5) is 13.2 Å². The normalized spacial score (nSPS) is 23.3. The molecular weight excluding hydrogens is 681 g/mol. The maximum Gasteiger partial charge on any atom is 0.416 e. The van der Waals surface area contributed by atoms with Gasteiger partial charge in [-0.2, -0.15) is 18.4 Å². The number of alkyl halides is 3. The Labute approximate surface area is 298 Å². The van der Waals surface area contributed by atoms with Crippen LogP contribution in [0.2, 0.25) is 0 Å². The van der Waals surface area contributed by atoms with E-state index in [2.05, 4.69) is 21.2 Å². The third-order valence-corrected chi connectivity index (χ3v) is 10.6. The summed E-state index contributed by atoms with van der Waals surface area (Å²) in [5.74, 6) is 0.350. The first-order chi connectivity index (χ1) is 24.7. The number of ether oxygens (including phenoxy) is 4. The summed E-state index contributed by atoms with van der Waals surface area (Å²) in [5.41, 5.74) is 3.50. The predicted molar refractivity (Wildman–Crippen MR) is 181 cm³/mol. The number of carbonyl (C=O) groups excluding carboxylic acids is 2. The largest absolute Gasteiger partial charge is 0.504 e. The van der Waals surface area contributed by atoms with E-state index in [4.69, 9.17) is 18.9 Å². The van der Waals surface area contributed by atoms with Gasteiger partial charge in [0.25, 0.3) is 0 Å². The highest BCUT2D eigenvalue weighted by atomic mass is 19.4. The molecular formula is C38H37F3N4O7. The number of nitrogens with zero attached hydrogens (tertiary/aromatic N) is 3. The Morgan fingerprint density at radius 1 is 1.12 bits per heavy atom. The molecule has 2 bridgehead atoms. The van der Waals surface area contributed by atoms with E-state index < -0.39 is 47.8 Å². The quantitative estimate of drug-likeness (QED) is 0.197. The molecule has 4 heterocycles. The Morgan fingerprint density at radius 2 is 1.87 bits per heavy atom. The number of aromatic hydroxyl groups is 1. The fraction of sp³-hybridized carbons (Fsp3) is 0.395. The Hall–Kier alpha value is -5.26. The van der Waals surface area contributed by atoms with Gasteiger partial charge in [-0.25, -0.2) is 0 Å². The molecule has 1 amide bonds. The highest BCUT2D eigenvalue weighted by molar-refractivity contribution is 5.91. The number of esters is 1. The number of likely N-dealkylation sites (N-methyl/N-ethyl adjacent to an activating group) is 1. The molecule has 14 heteroatoms. The van der Waals surface area contributed by atoms with Crippen molar-refractivity contribution in [3.63, 3.8) is 0 Å². The number of fused-ring (bicyclic) bond motifs is 9. The average molecular weight is 719 g/mol. The first-order valence-corrected chi connectivity index (χ1v) is 16.8. The molecule has 2 N–H and O–H groups in total. The maximum absolute atomic E-state index is 13.3. The third kappa shape index (κ3) is 5.68. The number of phenolic OH excluding ortho intramolecular Hbond substituents is 1. The van der Waals surface area contributed by atoms with Crippen molar-refractivity contribution in [2.24, 2.45) is 0 Å². The number of methoxy groups -OCH3 is 1. The van der Waals surface area contributed by atoms with Crippen LogP contribution in [0.25, 0.3) is 6.08 Å². The topological polar surface area (TPSA) is 134 Å². The van der Waals surface area contributed by atoms with Gasteiger partial charge in [-0.05, 0) is 68.6 Å². The number of rotatable bonds is 6. The summed E-state index contributed by atoms with van der Waals surface area (Å²) in [6.45, 7) is 4.78. The van der Waals surface area contributed by atoms with E-state index in [1.165, 1.54) is 32.2 Å². The van der Waals surface area contributed by atoms with Crippen molar-refractivity contribution in [3.05, 3.63) is 80.9 Å². The van der Waals surface area contributed by atoms with Crippen LogP contribution in [0.15, 0.2) is 36.4 Å². The first-order valence-electron chi connectivity index (χ1n) is 16.8. The maximum atomic E-state index is 13.3. The second-order valence-electron chi connectivity index (χ2n) is 13.5. The van der Waals surface area contributed by atoms with Gasteiger partial charge < -0.3 is 29.4 Å². The summed E-state index contributed by atoms with van der Waals surface area (Å²) < 4.78 is 63.3. The number of carbonyl (C=O) groups is 2. The smallest absolute Gasteiger partial charge is 0.416 e. The Morgan fingerprint density at radius 3 is 2.56 bits per heavy atom. The number of nitrogens with one attached hydrogen (secondary N) is 1. The molecule has 0 radical (unpaired) electrons. The molecule has 4 aliphatic rings. The van der Waals surface area contributed by atoms with Gasteiger partial charge in [0.2, 0.25) is 12.7 Å². The van der Waals surface area contributed by atoms with Crippen molar-refractivity contribution in [2.75, 3.05) is 27.5 Å². The minimum Gasteiger partial charge on any atom is -0.504 e. The Kier molecular flexibility index (Phi) is 8.83. The van der Waals surface area contributed by atoms with Gasteiger partial charge in [-0.3, -0.25) is 19.4 Å². The second-order valence-corrected chi connectivity index (χ2v) is 13.5. The van der Waals surface area contributed by atoms with Crippen LogP contribution in [-0.2, 0) is 28.6 Å². The van der Waals surface area contributed by atoms with Gasteiger partial charge in [-0.15, -0.1) is 0 Å². The van der Waals surface area contributed by atoms with Crippen LogP contribution >= 0.6 is 0 Å². The molecule has 1 saturated heterocycles. The Balaban J connectivity index is 1.35. The standard InChI is InChI=1S/C38H37F3N4O7/c1-18-11-22-13-25-27(15-42)45-26(32(44(25)4)30(22)33(48)34(18)49-5)14-24-31(37-36(50-17-51-37)19(2)35(24)52-20(3)46)28(45)16-43-29(47)10-9-21-7-6-8-23(12-21)38(39,40)41/h6-12,25-28,32,48H,13-14,16-17H2,1-5H3,(H,43,47)/b10-9+/t25-,26?,27?,28+,32?/m1/s1. The number of halogens is 3. The lowest BCUT2D eigenvalue weighted by atomic mass is 9.71. The monoisotopic (exact) mass is 718 g/mol. The van der Waals surface area contributed by atoms with Crippen molar-refractivity contribution >= 4 is 18.0 Å². The van der Waals surface area contributed by atoms with Crippen LogP contribution in [0, 0.1) is 25.2 Å². The number of amides is 1. The van der Waals surface area contributed by atoms with Crippen LogP contribution in [0.5, 0.6) is 28.7 Å². The van der Waals surface area contributed by atoms with E-state index in [1.54, 1.807) is 6.92 Å². The summed E-state index contributed by atoms with van der Waals surface area (Å²) in [6, 6.07) is 6.51. The highest BCUT2D eigenvalue weighted by Gasteiger charge is 2.57. The molecule has 272 valence electrons. The summed E-state index contributed by atoms with van der Waals surface area (Å²) >= 11 is 0. The molecule has 1 fully saturated rings. The zero-order valence-electron chi connectivity index (χ0n) is 29.1. The van der Waals surface area contributed by atoms with E-state index in [-0.39, 0.29) is 37.1 Å². The van der Waals surface area contributed by atoms with Gasteiger partial charge in [0.05, 0.1) is 30.8 Å². The molecule has 0 spiro atoms. The molecule has 3 aromatic carbocycles. The summed E-state index contributed by atoms with van der Waals surface area (Å²) in [5, 5.41) is 25.4. The summed E-state index contributed by atoms with van der Waals surface area (Å²) in [4.78, 5) is 30.0. The van der Waals surface area contributed by atoms with Crippen molar-refractivity contribution in [1.29, 1.82) is 5.26 Å². The first kappa shape index (κ1) is 35.2. The number of phenols is 1. The molecule has 3 aromatic rings. The van der Waals surface area contributed by atoms with Crippen LogP contribution < -0.4 is 24.3 Å². The minimum atomic E-state index is -4.54. The van der Waals surface area contributed by atoms with Crippen LogP contribution in [0.3, 0.4) is 0 Å². The SMILES string of the molecule is COc1c(C)cc2c(c1O)C1C3Cc4c(OC(C)=O)c(C)c5c(c4[C@H](CNC(=O)/C=C/c4cccc(C(F)(F)F)c4)N3C(C#N)[C@@H](C2)N1C)OCO5. The van der Waals surface area contributed by atoms with Crippen molar-refractivity contribution < 1.29 is 46.8 Å². The Bertz CT molecular complexity index is 2060. The molecule has 0 aromatic heterocycles. The van der Waals surface area contributed by atoms with E-state index in [0.29, 0.717) is 51.7 Å². The molecule has 7 rings (SSSR count). The van der Waals surface area contributed by atoms with E-state index >= 15 is 0 Å². The summed E-state index contributed by atoms with van der Waals surface area (Å²) in [6.07, 6.45) is -1.34. The molecule has 0 saturated carbocycles. The molecule has 5 atom stereocenters. The lowest BCUT2D eigenvalue weighted by Crippen LogP contribution is -2.68. The molecule has 11 nitrogen and oxygen atoms in total. The third-order valence-electron chi connectivity index (χ3n) is 10.6. The number of benzene rings is 3. The van der Waals surface area contributed by atoms with Gasteiger partial charge in [0.15, 0.2) is 23.0 Å². The summed E-state index contributed by atoms with van der Waals surface area (Å²) in [7, 11) is 3.42. The van der Waals surface area contributed by atoms with Gasteiger partial charge in [0, 0.05) is 53.9 Å². The zero-order chi connectivity index (χ0) is 37.2. The van der Waals surface area contributed by atoms with E-state index in [9.17, 15) is 33.1 Å². The molecule has 4 aliphatic heterocycles. The van der Waals surface area contributed by atoms with Crippen LogP contribution in [-0.4, -0.2) is 72.4 Å². The number of piperazine rings is 1. The lowest BCUT2D eigenvalue weighted by molar-refractivity contribution is -0.137. The minimum absolute atomic E-state index is 0.0145. The number of hydrogen-bond donors (Lipinski definition) is 2. The fourth-order valence-electron chi connectivity index (χ4n) is 8.56. The zero-order valence-corrected chi connectivity index (χ0v) is 29.1. The van der Waals surface area contributed by atoms with Crippen molar-refractivity contribution in [1.82, 2.24) is 15.1 Å². The lowest BCUT2D eigenvalue weighted by Gasteiger charge is -2.60. The predicted octanol–water partition coefficient (Wildman–Crippen LogP) is 5.29. The van der Waals surface area contributed by atoms with E-state index in [1.807, 2.05) is 20.0 Å². The fourth-order valence-corrected chi connectivity index (χ4v) is 8.56.